The molecule has 5 N–H and O–H groups in total. The monoisotopic (exact) mass is 291 g/mol. The molecule has 1 saturated heterocycles. The van der Waals surface area contributed by atoms with Gasteiger partial charge in [0.15, 0.2) is 0 Å². The van der Waals surface area contributed by atoms with Crippen LogP contribution >= 0.6 is 11.6 Å². The van der Waals surface area contributed by atoms with Crippen molar-refractivity contribution in [1.82, 2.24) is 9.55 Å². The van der Waals surface area contributed by atoms with E-state index in [-0.39, 0.29) is 11.4 Å². The van der Waals surface area contributed by atoms with E-state index in [4.69, 9.17) is 27.2 Å². The molecule has 0 amide bonds. The molecule has 0 bridgehead atoms. The first-order valence-electron chi connectivity index (χ1n) is 5.65. The standard InChI is InChI=1S/C10H14ClN3O5/c11-4-2-14(10(18)13-9(4)17)7-1-5(12)8(19-7)6(16)3-15/h2,5-8,15-16H,1,3,12H2,(H,13,17,18)/t5-,6-,7+,8+/m1/s1. The van der Waals surface area contributed by atoms with Gasteiger partial charge < -0.3 is 20.7 Å². The van der Waals surface area contributed by atoms with Crippen molar-refractivity contribution in [2.45, 2.75) is 30.9 Å². The predicted molar refractivity (Wildman–Crippen MR) is 65.9 cm³/mol. The van der Waals surface area contributed by atoms with E-state index in [1.165, 1.54) is 0 Å². The van der Waals surface area contributed by atoms with Crippen molar-refractivity contribution < 1.29 is 14.9 Å². The normalized spacial score (nSPS) is 28.5. The first kappa shape index (κ1) is 14.2. The number of nitrogens with one attached hydrogen (secondary N) is 1. The van der Waals surface area contributed by atoms with Crippen molar-refractivity contribution in [1.29, 1.82) is 0 Å². The Balaban J connectivity index is 2.28. The lowest BCUT2D eigenvalue weighted by molar-refractivity contribution is -0.0781. The Kier molecular flexibility index (Phi) is 4.07. The third kappa shape index (κ3) is 2.72. The molecule has 0 unspecified atom stereocenters. The highest BCUT2D eigenvalue weighted by atomic mass is 35.5. The SMILES string of the molecule is N[C@@H]1C[C@@H](n2cc(Cl)c(=O)[nH]c2=O)O[C@@H]1[C@H](O)CO. The fourth-order valence-corrected chi connectivity index (χ4v) is 2.19. The number of ether oxygens (including phenoxy) is 1. The smallest absolute Gasteiger partial charge is 0.330 e. The molecule has 1 aliphatic rings. The highest BCUT2D eigenvalue weighted by Gasteiger charge is 2.38. The molecule has 1 aromatic heterocycles. The highest BCUT2D eigenvalue weighted by molar-refractivity contribution is 6.30. The summed E-state index contributed by atoms with van der Waals surface area (Å²) in [4.78, 5) is 24.8. The van der Waals surface area contributed by atoms with E-state index in [0.717, 1.165) is 10.8 Å². The van der Waals surface area contributed by atoms with Crippen LogP contribution in [0.25, 0.3) is 0 Å². The Morgan fingerprint density at radius 3 is 2.95 bits per heavy atom. The second-order valence-electron chi connectivity index (χ2n) is 4.35. The summed E-state index contributed by atoms with van der Waals surface area (Å²) in [5.41, 5.74) is 4.43. The number of rotatable bonds is 3. The molecule has 9 heteroatoms. The molecule has 4 atom stereocenters. The van der Waals surface area contributed by atoms with Gasteiger partial charge in [-0.3, -0.25) is 14.3 Å². The molecule has 0 aromatic carbocycles. The van der Waals surface area contributed by atoms with Crippen LogP contribution in [0.2, 0.25) is 5.02 Å². The van der Waals surface area contributed by atoms with Crippen LogP contribution < -0.4 is 17.0 Å². The molecule has 2 heterocycles. The van der Waals surface area contributed by atoms with E-state index in [0.29, 0.717) is 0 Å². The van der Waals surface area contributed by atoms with Crippen molar-refractivity contribution in [2.24, 2.45) is 5.73 Å². The number of hydrogen-bond acceptors (Lipinski definition) is 6. The summed E-state index contributed by atoms with van der Waals surface area (Å²) < 4.78 is 6.54. The quantitative estimate of drug-likeness (QED) is 0.517. The molecule has 8 nitrogen and oxygen atoms in total. The molecule has 2 rings (SSSR count). The third-order valence-corrected chi connectivity index (χ3v) is 3.28. The third-order valence-electron chi connectivity index (χ3n) is 3.01. The fraction of sp³-hybridized carbons (Fsp3) is 0.600. The summed E-state index contributed by atoms with van der Waals surface area (Å²) >= 11 is 5.65. The number of halogens is 1. The van der Waals surface area contributed by atoms with Crippen LogP contribution in [0.5, 0.6) is 0 Å². The maximum atomic E-state index is 11.6. The number of H-pyrrole nitrogens is 1. The molecule has 0 radical (unpaired) electrons. The van der Waals surface area contributed by atoms with Crippen molar-refractivity contribution in [2.75, 3.05) is 6.61 Å². The van der Waals surface area contributed by atoms with Crippen LogP contribution in [0.15, 0.2) is 15.8 Å². The van der Waals surface area contributed by atoms with Gasteiger partial charge in [0.1, 0.15) is 23.5 Å². The Hall–Kier alpha value is -1.19. The summed E-state index contributed by atoms with van der Waals surface area (Å²) in [6.07, 6.45) is -1.25. The number of aliphatic hydroxyl groups excluding tert-OH is 2. The Bertz CT molecular complexity index is 571. The van der Waals surface area contributed by atoms with Gasteiger partial charge in [-0.1, -0.05) is 11.6 Å². The summed E-state index contributed by atoms with van der Waals surface area (Å²) in [6.45, 7) is -0.494. The molecule has 0 spiro atoms. The van der Waals surface area contributed by atoms with Crippen LogP contribution in [0.4, 0.5) is 0 Å². The van der Waals surface area contributed by atoms with Crippen LogP contribution in [0, 0.1) is 0 Å². The molecule has 106 valence electrons. The number of aromatic amines is 1. The summed E-state index contributed by atoms with van der Waals surface area (Å²) in [7, 11) is 0. The van der Waals surface area contributed by atoms with Gasteiger partial charge in [-0.2, -0.15) is 0 Å². The molecule has 19 heavy (non-hydrogen) atoms. The molecular formula is C10H14ClN3O5. The lowest BCUT2D eigenvalue weighted by Crippen LogP contribution is -2.41. The number of aromatic nitrogens is 2. The van der Waals surface area contributed by atoms with Crippen molar-refractivity contribution in [3.63, 3.8) is 0 Å². The Labute approximate surface area is 112 Å². The topological polar surface area (TPSA) is 131 Å². The molecule has 1 aromatic rings. The highest BCUT2D eigenvalue weighted by Crippen LogP contribution is 2.28. The average Bonchev–Trinajstić information content (AvgIpc) is 2.75. The Morgan fingerprint density at radius 2 is 2.32 bits per heavy atom. The van der Waals surface area contributed by atoms with Crippen LogP contribution in [-0.4, -0.2) is 44.6 Å². The van der Waals surface area contributed by atoms with Gasteiger partial charge in [0.05, 0.1) is 6.61 Å². The minimum atomic E-state index is -1.13. The van der Waals surface area contributed by atoms with Crippen LogP contribution in [0.1, 0.15) is 12.6 Å². The van der Waals surface area contributed by atoms with Crippen molar-refractivity contribution >= 4 is 11.6 Å². The van der Waals surface area contributed by atoms with Gasteiger partial charge in [0.2, 0.25) is 0 Å². The zero-order valence-electron chi connectivity index (χ0n) is 9.82. The fourth-order valence-electron chi connectivity index (χ4n) is 2.04. The van der Waals surface area contributed by atoms with Gasteiger partial charge in [-0.15, -0.1) is 0 Å². The minimum absolute atomic E-state index is 0.150. The minimum Gasteiger partial charge on any atom is -0.394 e. The first-order valence-corrected chi connectivity index (χ1v) is 6.02. The van der Waals surface area contributed by atoms with E-state index in [1.54, 1.807) is 0 Å². The van der Waals surface area contributed by atoms with E-state index in [1.807, 2.05) is 4.98 Å². The number of nitrogens with two attached hydrogens (primary N) is 1. The van der Waals surface area contributed by atoms with Gasteiger partial charge >= 0.3 is 5.69 Å². The lowest BCUT2D eigenvalue weighted by atomic mass is 10.1. The summed E-state index contributed by atoms with van der Waals surface area (Å²) in [6, 6.07) is -0.537. The second-order valence-corrected chi connectivity index (χ2v) is 4.76. The van der Waals surface area contributed by atoms with E-state index < -0.39 is 42.3 Å². The van der Waals surface area contributed by atoms with Crippen LogP contribution in [0.3, 0.4) is 0 Å². The molecular weight excluding hydrogens is 278 g/mol. The summed E-state index contributed by atoms with van der Waals surface area (Å²) in [5, 5.41) is 18.3. The van der Waals surface area contributed by atoms with Crippen molar-refractivity contribution in [3.05, 3.63) is 32.1 Å². The zero-order chi connectivity index (χ0) is 14.2. The van der Waals surface area contributed by atoms with E-state index in [2.05, 4.69) is 0 Å². The molecule has 0 saturated carbocycles. The van der Waals surface area contributed by atoms with E-state index in [9.17, 15) is 14.7 Å². The van der Waals surface area contributed by atoms with Crippen LogP contribution in [-0.2, 0) is 4.74 Å². The largest absolute Gasteiger partial charge is 0.394 e. The van der Waals surface area contributed by atoms with Crippen molar-refractivity contribution in [3.8, 4) is 0 Å². The maximum Gasteiger partial charge on any atom is 0.330 e. The first-order chi connectivity index (χ1) is 8.93. The molecule has 1 aliphatic heterocycles. The van der Waals surface area contributed by atoms with Gasteiger partial charge in [-0.25, -0.2) is 4.79 Å². The Morgan fingerprint density at radius 1 is 1.63 bits per heavy atom. The second kappa shape index (κ2) is 5.43. The maximum absolute atomic E-state index is 11.6. The lowest BCUT2D eigenvalue weighted by Gasteiger charge is -2.20. The van der Waals surface area contributed by atoms with E-state index >= 15 is 0 Å². The molecule has 1 fully saturated rings. The average molecular weight is 292 g/mol. The number of hydrogen-bond donors (Lipinski definition) is 4. The van der Waals surface area contributed by atoms with Gasteiger partial charge in [0.25, 0.3) is 5.56 Å². The molecule has 0 aliphatic carbocycles. The van der Waals surface area contributed by atoms with Gasteiger partial charge in [-0.05, 0) is 0 Å². The predicted octanol–water partition coefficient (Wildman–Crippen LogP) is -1.84. The number of aliphatic hydroxyl groups is 2. The summed E-state index contributed by atoms with van der Waals surface area (Å²) in [5.74, 6) is 0. The zero-order valence-corrected chi connectivity index (χ0v) is 10.6. The number of nitrogens with zero attached hydrogens (tertiary/aromatic N) is 1. The van der Waals surface area contributed by atoms with Gasteiger partial charge in [0, 0.05) is 18.7 Å².